The number of amides is 1. The molecule has 0 bridgehead atoms. The number of aromatic hydroxyl groups is 2. The van der Waals surface area contributed by atoms with Crippen LogP contribution in [0.3, 0.4) is 0 Å². The first kappa shape index (κ1) is 19.1. The van der Waals surface area contributed by atoms with Crippen LogP contribution in [0.5, 0.6) is 11.5 Å². The number of benzene rings is 2. The molecule has 0 saturated carbocycles. The highest BCUT2D eigenvalue weighted by molar-refractivity contribution is 6.36. The van der Waals surface area contributed by atoms with Gasteiger partial charge in [-0.2, -0.15) is 0 Å². The molecule has 1 amide bonds. The molecule has 23 heavy (non-hydrogen) atoms. The molecule has 0 aliphatic heterocycles. The summed E-state index contributed by atoms with van der Waals surface area (Å²) >= 11 is 16.8. The maximum atomic E-state index is 10.6. The van der Waals surface area contributed by atoms with Crippen molar-refractivity contribution in [1.82, 2.24) is 0 Å². The fourth-order valence-corrected chi connectivity index (χ4v) is 2.23. The number of hydrogen-bond acceptors (Lipinski definition) is 4. The van der Waals surface area contributed by atoms with Crippen molar-refractivity contribution in [2.45, 2.75) is 6.92 Å². The van der Waals surface area contributed by atoms with Gasteiger partial charge in [-0.25, -0.2) is 0 Å². The van der Waals surface area contributed by atoms with Crippen molar-refractivity contribution in [3.8, 4) is 11.5 Å². The molecule has 0 aliphatic rings. The molecular formula is C15H13Cl3N2O3. The van der Waals surface area contributed by atoms with Gasteiger partial charge in [0, 0.05) is 16.3 Å². The second kappa shape index (κ2) is 8.06. The number of nitrogens with two attached hydrogens (primary N) is 1. The predicted octanol–water partition coefficient (Wildman–Crippen LogP) is 4.23. The van der Waals surface area contributed by atoms with Gasteiger partial charge in [0.15, 0.2) is 0 Å². The summed E-state index contributed by atoms with van der Waals surface area (Å²) in [5.74, 6) is -1.04. The normalized spacial score (nSPS) is 9.74. The topological polar surface area (TPSA) is 107 Å². The Balaban J connectivity index is 0.000000231. The molecule has 0 saturated heterocycles. The molecule has 2 aromatic carbocycles. The molecule has 5 N–H and O–H groups in total. The summed E-state index contributed by atoms with van der Waals surface area (Å²) in [6, 6.07) is 7.37. The van der Waals surface area contributed by atoms with Crippen molar-refractivity contribution in [2.75, 3.05) is 0 Å². The lowest BCUT2D eigenvalue weighted by molar-refractivity contribution is 0.0998. The van der Waals surface area contributed by atoms with Gasteiger partial charge in [-0.1, -0.05) is 40.9 Å². The summed E-state index contributed by atoms with van der Waals surface area (Å²) in [5.41, 5.74) is 5.57. The third-order valence-corrected chi connectivity index (χ3v) is 3.50. The fraction of sp³-hybridized carbons (Fsp3) is 0.0667. The monoisotopic (exact) mass is 374 g/mol. The summed E-state index contributed by atoms with van der Waals surface area (Å²) in [5, 5.41) is 26.5. The number of primary amides is 1. The van der Waals surface area contributed by atoms with Gasteiger partial charge in [-0.15, -0.1) is 0 Å². The number of phenolic OH excluding ortho intramolecular Hbond substituents is 1. The van der Waals surface area contributed by atoms with E-state index in [9.17, 15) is 9.90 Å². The number of phenols is 2. The zero-order valence-corrected chi connectivity index (χ0v) is 14.2. The average molecular weight is 376 g/mol. The average Bonchev–Trinajstić information content (AvgIpc) is 2.46. The van der Waals surface area contributed by atoms with Crippen molar-refractivity contribution < 1.29 is 15.0 Å². The molecule has 0 aliphatic carbocycles. The van der Waals surface area contributed by atoms with Gasteiger partial charge < -0.3 is 21.4 Å². The van der Waals surface area contributed by atoms with Gasteiger partial charge in [-0.05, 0) is 31.2 Å². The second-order valence-corrected chi connectivity index (χ2v) is 5.66. The van der Waals surface area contributed by atoms with E-state index in [0.29, 0.717) is 10.6 Å². The second-order valence-electron chi connectivity index (χ2n) is 4.41. The van der Waals surface area contributed by atoms with E-state index in [0.717, 1.165) is 0 Å². The highest BCUT2D eigenvalue weighted by Gasteiger charge is 2.09. The number of nitrogens with one attached hydrogen (secondary N) is 1. The molecule has 0 radical (unpaired) electrons. The molecule has 5 nitrogen and oxygen atoms in total. The predicted molar refractivity (Wildman–Crippen MR) is 92.3 cm³/mol. The summed E-state index contributed by atoms with van der Waals surface area (Å²) in [6.45, 7) is 1.56. The van der Waals surface area contributed by atoms with E-state index < -0.39 is 5.91 Å². The quantitative estimate of drug-likeness (QED) is 0.590. The minimum atomic E-state index is -0.690. The first-order valence-electron chi connectivity index (χ1n) is 6.16. The van der Waals surface area contributed by atoms with Crippen LogP contribution in [0.2, 0.25) is 15.1 Å². The minimum absolute atomic E-state index is 0.0394. The van der Waals surface area contributed by atoms with Crippen LogP contribution in [0, 0.1) is 5.41 Å². The van der Waals surface area contributed by atoms with Crippen LogP contribution in [0.4, 0.5) is 0 Å². The molecule has 2 aromatic rings. The van der Waals surface area contributed by atoms with Gasteiger partial charge in [-0.3, -0.25) is 4.79 Å². The Morgan fingerprint density at radius 3 is 2.09 bits per heavy atom. The van der Waals surface area contributed by atoms with Crippen molar-refractivity contribution in [2.24, 2.45) is 5.73 Å². The Hall–Kier alpha value is -1.95. The van der Waals surface area contributed by atoms with Crippen LogP contribution >= 0.6 is 34.8 Å². The van der Waals surface area contributed by atoms with Crippen LogP contribution in [-0.2, 0) is 0 Å². The van der Waals surface area contributed by atoms with Gasteiger partial charge in [0.25, 0.3) is 5.91 Å². The van der Waals surface area contributed by atoms with Crippen molar-refractivity contribution in [3.05, 3.63) is 56.5 Å². The smallest absolute Gasteiger partial charge is 0.252 e. The Kier molecular flexibility index (Phi) is 6.69. The SMILES string of the molecule is CC(=N)c1cc(Cl)cc(Cl)c1O.NC(=O)c1cccc(Cl)c1O. The largest absolute Gasteiger partial charge is 0.506 e. The van der Waals surface area contributed by atoms with Crippen molar-refractivity contribution in [3.63, 3.8) is 0 Å². The van der Waals surface area contributed by atoms with Crippen LogP contribution in [0.25, 0.3) is 0 Å². The van der Waals surface area contributed by atoms with Gasteiger partial charge in [0.1, 0.15) is 11.5 Å². The van der Waals surface area contributed by atoms with Crippen LogP contribution in [0.1, 0.15) is 22.8 Å². The summed E-state index contributed by atoms with van der Waals surface area (Å²) in [6.07, 6.45) is 0. The third-order valence-electron chi connectivity index (χ3n) is 2.68. The van der Waals surface area contributed by atoms with Crippen LogP contribution < -0.4 is 5.73 Å². The Morgan fingerprint density at radius 2 is 1.61 bits per heavy atom. The van der Waals surface area contributed by atoms with E-state index in [4.69, 9.17) is 51.1 Å². The number of carbonyl (C=O) groups excluding carboxylic acids is 1. The standard InChI is InChI=1S/C8H7Cl2NO.C7H6ClNO2/c1-4(11)6-2-5(9)3-7(10)8(6)12;8-5-3-1-2-4(6(5)10)7(9)11/h2-3,11-12H,1H3;1-3,10H,(H2,9,11). The zero-order chi connectivity index (χ0) is 17.7. The molecule has 0 spiro atoms. The summed E-state index contributed by atoms with van der Waals surface area (Å²) < 4.78 is 0. The Labute approximate surface area is 147 Å². The number of carbonyl (C=O) groups is 1. The third kappa shape index (κ3) is 5.03. The van der Waals surface area contributed by atoms with Crippen LogP contribution in [-0.4, -0.2) is 21.8 Å². The van der Waals surface area contributed by atoms with Gasteiger partial charge in [0.2, 0.25) is 0 Å². The molecule has 0 aromatic heterocycles. The molecular weight excluding hydrogens is 363 g/mol. The first-order valence-corrected chi connectivity index (χ1v) is 7.29. The van der Waals surface area contributed by atoms with E-state index in [-0.39, 0.29) is 32.8 Å². The highest BCUT2D eigenvalue weighted by atomic mass is 35.5. The number of para-hydroxylation sites is 1. The lowest BCUT2D eigenvalue weighted by atomic mass is 10.1. The van der Waals surface area contributed by atoms with Crippen molar-refractivity contribution in [1.29, 1.82) is 5.41 Å². The van der Waals surface area contributed by atoms with Crippen molar-refractivity contribution >= 4 is 46.4 Å². The molecule has 0 fully saturated rings. The Bertz CT molecular complexity index is 764. The lowest BCUT2D eigenvalue weighted by Crippen LogP contribution is -2.10. The number of halogens is 3. The van der Waals surface area contributed by atoms with Gasteiger partial charge >= 0.3 is 0 Å². The minimum Gasteiger partial charge on any atom is -0.506 e. The van der Waals surface area contributed by atoms with E-state index in [1.165, 1.54) is 24.3 Å². The van der Waals surface area contributed by atoms with E-state index in [1.807, 2.05) is 0 Å². The number of rotatable bonds is 2. The maximum Gasteiger partial charge on any atom is 0.252 e. The van der Waals surface area contributed by atoms with Gasteiger partial charge in [0.05, 0.1) is 15.6 Å². The van der Waals surface area contributed by atoms with E-state index in [1.54, 1.807) is 13.0 Å². The maximum absolute atomic E-state index is 10.6. The summed E-state index contributed by atoms with van der Waals surface area (Å²) in [4.78, 5) is 10.6. The number of hydrogen-bond donors (Lipinski definition) is 4. The van der Waals surface area contributed by atoms with E-state index >= 15 is 0 Å². The fourth-order valence-electron chi connectivity index (χ4n) is 1.57. The lowest BCUT2D eigenvalue weighted by Gasteiger charge is -2.04. The molecule has 0 heterocycles. The molecule has 8 heteroatoms. The molecule has 122 valence electrons. The Morgan fingerprint density at radius 1 is 1.04 bits per heavy atom. The molecule has 2 rings (SSSR count). The van der Waals surface area contributed by atoms with Crippen LogP contribution in [0.15, 0.2) is 30.3 Å². The molecule has 0 atom stereocenters. The van der Waals surface area contributed by atoms with E-state index in [2.05, 4.69) is 0 Å². The zero-order valence-electron chi connectivity index (χ0n) is 11.9. The summed E-state index contributed by atoms with van der Waals surface area (Å²) in [7, 11) is 0. The first-order chi connectivity index (χ1) is 10.6. The molecule has 0 unspecified atom stereocenters. The highest BCUT2D eigenvalue weighted by Crippen LogP contribution is 2.31.